The average Bonchev–Trinajstić information content (AvgIpc) is 2.67. The van der Waals surface area contributed by atoms with Gasteiger partial charge in [0.25, 0.3) is 0 Å². The van der Waals surface area contributed by atoms with Crippen LogP contribution in [0.5, 0.6) is 0 Å². The summed E-state index contributed by atoms with van der Waals surface area (Å²) in [6.07, 6.45) is 2.36. The van der Waals surface area contributed by atoms with Crippen LogP contribution in [0.3, 0.4) is 0 Å². The van der Waals surface area contributed by atoms with Crippen molar-refractivity contribution in [1.82, 2.24) is 0 Å². The molecule has 0 saturated heterocycles. The van der Waals surface area contributed by atoms with Gasteiger partial charge >= 0.3 is 0 Å². The SMILES string of the molecule is Cc1cc(C(C)(C)C)ccc1-c1cc(C(C)C)c(C(C)(C)c2ccccc2)c[n+]1C. The lowest BCUT2D eigenvalue weighted by Crippen LogP contribution is -2.35. The molecule has 3 aromatic rings. The third-order valence-electron chi connectivity index (χ3n) is 6.47. The maximum absolute atomic E-state index is 2.42. The Hall–Kier alpha value is -2.41. The second-order valence-electron chi connectivity index (χ2n) is 10.6. The van der Waals surface area contributed by atoms with E-state index in [0.717, 1.165) is 0 Å². The average molecular weight is 401 g/mol. The maximum Gasteiger partial charge on any atom is 0.212 e. The van der Waals surface area contributed by atoms with Crippen molar-refractivity contribution in [2.24, 2.45) is 7.05 Å². The van der Waals surface area contributed by atoms with Gasteiger partial charge in [0.2, 0.25) is 5.69 Å². The predicted molar refractivity (Wildman–Crippen MR) is 129 cm³/mol. The number of aryl methyl sites for hydroxylation is 2. The highest BCUT2D eigenvalue weighted by molar-refractivity contribution is 5.63. The monoisotopic (exact) mass is 400 g/mol. The Labute approximate surface area is 183 Å². The van der Waals surface area contributed by atoms with E-state index < -0.39 is 0 Å². The second-order valence-corrected chi connectivity index (χ2v) is 10.6. The molecule has 0 bridgehead atoms. The van der Waals surface area contributed by atoms with Crippen molar-refractivity contribution >= 4 is 0 Å². The number of benzene rings is 2. The summed E-state index contributed by atoms with van der Waals surface area (Å²) in [5, 5.41) is 0. The number of hydrogen-bond acceptors (Lipinski definition) is 0. The summed E-state index contributed by atoms with van der Waals surface area (Å²) in [5.41, 5.74) is 9.61. The van der Waals surface area contributed by atoms with Gasteiger partial charge in [0.05, 0.1) is 0 Å². The van der Waals surface area contributed by atoms with E-state index >= 15 is 0 Å². The van der Waals surface area contributed by atoms with Crippen LogP contribution >= 0.6 is 0 Å². The zero-order chi connectivity index (χ0) is 22.3. The zero-order valence-electron chi connectivity index (χ0n) is 20.3. The normalized spacial score (nSPS) is 12.5. The Kier molecular flexibility index (Phi) is 5.96. The molecule has 0 aliphatic heterocycles. The molecule has 3 rings (SSSR count). The van der Waals surface area contributed by atoms with Gasteiger partial charge in [-0.1, -0.05) is 90.9 Å². The third kappa shape index (κ3) is 4.21. The first-order valence-corrected chi connectivity index (χ1v) is 11.1. The summed E-state index contributed by atoms with van der Waals surface area (Å²) in [5.74, 6) is 0.456. The molecule has 0 saturated carbocycles. The highest BCUT2D eigenvalue weighted by Gasteiger charge is 2.31. The largest absolute Gasteiger partial charge is 0.212 e. The molecule has 1 heteroatoms. The molecule has 0 aliphatic rings. The molecule has 0 N–H and O–H groups in total. The van der Waals surface area contributed by atoms with Gasteiger partial charge < -0.3 is 0 Å². The molecule has 30 heavy (non-hydrogen) atoms. The molecule has 1 heterocycles. The van der Waals surface area contributed by atoms with Gasteiger partial charge in [-0.3, -0.25) is 0 Å². The number of hydrogen-bond donors (Lipinski definition) is 0. The first kappa shape index (κ1) is 22.3. The Morgan fingerprint density at radius 3 is 1.97 bits per heavy atom. The van der Waals surface area contributed by atoms with Crippen LogP contribution in [0.4, 0.5) is 0 Å². The summed E-state index contributed by atoms with van der Waals surface area (Å²) in [6, 6.07) is 20.2. The van der Waals surface area contributed by atoms with Crippen molar-refractivity contribution in [3.8, 4) is 11.3 Å². The van der Waals surface area contributed by atoms with Crippen LogP contribution in [0, 0.1) is 6.92 Å². The van der Waals surface area contributed by atoms with E-state index in [9.17, 15) is 0 Å². The second kappa shape index (κ2) is 8.02. The van der Waals surface area contributed by atoms with E-state index in [1.165, 1.54) is 39.1 Å². The Balaban J connectivity index is 2.18. The standard InChI is InChI=1S/C29H38N/c1-20(2)25-18-27(24-16-15-23(17-21(24)3)28(4,5)6)30(9)19-26(25)29(7,8)22-13-11-10-12-14-22/h10-20H,1-9H3/q+1. The van der Waals surface area contributed by atoms with Gasteiger partial charge in [0.15, 0.2) is 6.20 Å². The van der Waals surface area contributed by atoms with Crippen LogP contribution in [0.1, 0.15) is 82.2 Å². The Morgan fingerprint density at radius 1 is 0.800 bits per heavy atom. The third-order valence-corrected chi connectivity index (χ3v) is 6.47. The highest BCUT2D eigenvalue weighted by Crippen LogP contribution is 2.37. The van der Waals surface area contributed by atoms with E-state index in [-0.39, 0.29) is 10.8 Å². The minimum Gasteiger partial charge on any atom is -0.201 e. The first-order valence-electron chi connectivity index (χ1n) is 11.1. The van der Waals surface area contributed by atoms with E-state index in [4.69, 9.17) is 0 Å². The lowest BCUT2D eigenvalue weighted by atomic mass is 9.74. The number of nitrogens with zero attached hydrogens (tertiary/aromatic N) is 1. The van der Waals surface area contributed by atoms with Crippen LogP contribution in [0.25, 0.3) is 11.3 Å². The minimum atomic E-state index is -0.0533. The lowest BCUT2D eigenvalue weighted by molar-refractivity contribution is -0.661. The Bertz CT molecular complexity index is 1030. The topological polar surface area (TPSA) is 3.88 Å². The summed E-state index contributed by atoms with van der Waals surface area (Å²) in [7, 11) is 2.18. The van der Waals surface area contributed by atoms with Gasteiger partial charge in [-0.25, -0.2) is 4.57 Å². The van der Waals surface area contributed by atoms with Gasteiger partial charge in [-0.05, 0) is 46.6 Å². The van der Waals surface area contributed by atoms with Crippen LogP contribution in [-0.2, 0) is 17.9 Å². The molecule has 1 nitrogen and oxygen atoms in total. The summed E-state index contributed by atoms with van der Waals surface area (Å²) >= 11 is 0. The summed E-state index contributed by atoms with van der Waals surface area (Å²) in [4.78, 5) is 0. The molecule has 0 amide bonds. The first-order chi connectivity index (χ1) is 13.9. The van der Waals surface area contributed by atoms with Crippen molar-refractivity contribution in [3.63, 3.8) is 0 Å². The fourth-order valence-electron chi connectivity index (χ4n) is 4.36. The zero-order valence-corrected chi connectivity index (χ0v) is 20.3. The molecule has 1 aromatic heterocycles. The molecule has 2 aromatic carbocycles. The summed E-state index contributed by atoms with van der Waals surface area (Å²) in [6.45, 7) is 18.4. The van der Waals surface area contributed by atoms with Crippen molar-refractivity contribution in [2.75, 3.05) is 0 Å². The predicted octanol–water partition coefficient (Wildman–Crippen LogP) is 7.23. The molecule has 0 aliphatic carbocycles. The van der Waals surface area contributed by atoms with E-state index in [0.29, 0.717) is 5.92 Å². The quantitative estimate of drug-likeness (QED) is 0.407. The van der Waals surface area contributed by atoms with Gasteiger partial charge in [0.1, 0.15) is 7.05 Å². The van der Waals surface area contributed by atoms with Crippen LogP contribution in [-0.4, -0.2) is 0 Å². The van der Waals surface area contributed by atoms with Gasteiger partial charge in [0, 0.05) is 22.6 Å². The van der Waals surface area contributed by atoms with Gasteiger partial charge in [-0.15, -0.1) is 0 Å². The fourth-order valence-corrected chi connectivity index (χ4v) is 4.36. The van der Waals surface area contributed by atoms with E-state index in [1.54, 1.807) is 0 Å². The fraction of sp³-hybridized carbons (Fsp3) is 0.414. The summed E-state index contributed by atoms with van der Waals surface area (Å²) < 4.78 is 2.31. The van der Waals surface area contributed by atoms with Crippen LogP contribution in [0.2, 0.25) is 0 Å². The Morgan fingerprint density at radius 2 is 1.43 bits per heavy atom. The lowest BCUT2D eigenvalue weighted by Gasteiger charge is -2.29. The molecular formula is C29H38N+. The molecule has 0 spiro atoms. The molecule has 158 valence electrons. The number of rotatable bonds is 4. The van der Waals surface area contributed by atoms with E-state index in [2.05, 4.69) is 128 Å². The molecule has 0 atom stereocenters. The highest BCUT2D eigenvalue weighted by atomic mass is 14.9. The van der Waals surface area contributed by atoms with Crippen molar-refractivity contribution in [2.45, 2.75) is 72.1 Å². The molecule has 0 unspecified atom stereocenters. The van der Waals surface area contributed by atoms with Crippen LogP contribution < -0.4 is 4.57 Å². The van der Waals surface area contributed by atoms with Gasteiger partial charge in [-0.2, -0.15) is 0 Å². The smallest absolute Gasteiger partial charge is 0.201 e. The maximum atomic E-state index is 2.42. The number of aromatic nitrogens is 1. The minimum absolute atomic E-state index is 0.0533. The van der Waals surface area contributed by atoms with Crippen molar-refractivity contribution in [3.05, 3.63) is 88.6 Å². The molecule has 0 fully saturated rings. The van der Waals surface area contributed by atoms with Crippen LogP contribution in [0.15, 0.2) is 60.8 Å². The van der Waals surface area contributed by atoms with Crippen molar-refractivity contribution in [1.29, 1.82) is 0 Å². The molecular weight excluding hydrogens is 362 g/mol. The van der Waals surface area contributed by atoms with Crippen molar-refractivity contribution < 1.29 is 4.57 Å². The van der Waals surface area contributed by atoms with E-state index in [1.807, 2.05) is 0 Å². The molecule has 0 radical (unpaired) electrons. The number of pyridine rings is 1.